The van der Waals surface area contributed by atoms with Crippen LogP contribution in [0.25, 0.3) is 11.4 Å². The molecule has 0 unspecified atom stereocenters. The first-order chi connectivity index (χ1) is 13.5. The third-order valence-corrected chi connectivity index (χ3v) is 5.39. The molecule has 2 heterocycles. The van der Waals surface area contributed by atoms with Crippen molar-refractivity contribution in [1.29, 1.82) is 0 Å². The Hall–Kier alpha value is -2.70. The minimum atomic E-state index is -0.110. The van der Waals surface area contributed by atoms with Crippen LogP contribution in [0.3, 0.4) is 0 Å². The summed E-state index contributed by atoms with van der Waals surface area (Å²) < 4.78 is 5.32. The quantitative estimate of drug-likeness (QED) is 0.859. The van der Waals surface area contributed by atoms with E-state index in [0.29, 0.717) is 36.3 Å². The summed E-state index contributed by atoms with van der Waals surface area (Å²) in [7, 11) is 0. The average Bonchev–Trinajstić information content (AvgIpc) is 3.44. The maximum Gasteiger partial charge on any atom is 0.251 e. The zero-order valence-electron chi connectivity index (χ0n) is 16.4. The minimum absolute atomic E-state index is 0.0134. The van der Waals surface area contributed by atoms with Gasteiger partial charge in [0.15, 0.2) is 0 Å². The lowest BCUT2D eigenvalue weighted by Gasteiger charge is -2.33. The molecule has 1 aromatic carbocycles. The molecule has 1 saturated heterocycles. The van der Waals surface area contributed by atoms with Gasteiger partial charge in [-0.3, -0.25) is 9.59 Å². The summed E-state index contributed by atoms with van der Waals surface area (Å²) in [6, 6.07) is 7.39. The summed E-state index contributed by atoms with van der Waals surface area (Å²) in [6.07, 6.45) is 3.76. The lowest BCUT2D eigenvalue weighted by atomic mass is 10.0. The van der Waals surface area contributed by atoms with Gasteiger partial charge in [0.25, 0.3) is 5.91 Å². The summed E-state index contributed by atoms with van der Waals surface area (Å²) in [5, 5.41) is 7.14. The Morgan fingerprint density at radius 1 is 1.18 bits per heavy atom. The van der Waals surface area contributed by atoms with Gasteiger partial charge in [-0.25, -0.2) is 0 Å². The highest BCUT2D eigenvalue weighted by molar-refractivity contribution is 5.95. The molecule has 2 fully saturated rings. The summed E-state index contributed by atoms with van der Waals surface area (Å²) in [4.78, 5) is 31.1. The zero-order chi connectivity index (χ0) is 19.7. The number of rotatable bonds is 5. The minimum Gasteiger partial charge on any atom is -0.349 e. The van der Waals surface area contributed by atoms with Crippen LogP contribution in [0.5, 0.6) is 0 Å². The Balaban J connectivity index is 1.37. The molecule has 2 amide bonds. The van der Waals surface area contributed by atoms with Gasteiger partial charge in [0.1, 0.15) is 0 Å². The molecule has 0 atom stereocenters. The smallest absolute Gasteiger partial charge is 0.251 e. The third-order valence-electron chi connectivity index (χ3n) is 5.39. The highest BCUT2D eigenvalue weighted by Gasteiger charge is 2.30. The Kier molecular flexibility index (Phi) is 5.15. The normalized spacial score (nSPS) is 17.8. The second-order valence-corrected chi connectivity index (χ2v) is 8.04. The number of amides is 2. The molecule has 0 spiro atoms. The number of nitrogens with zero attached hydrogens (tertiary/aromatic N) is 3. The van der Waals surface area contributed by atoms with E-state index in [0.717, 1.165) is 31.2 Å². The van der Waals surface area contributed by atoms with Gasteiger partial charge in [-0.15, -0.1) is 0 Å². The first-order valence-electron chi connectivity index (χ1n) is 10.0. The van der Waals surface area contributed by atoms with Crippen LogP contribution in [0.1, 0.15) is 61.7 Å². The van der Waals surface area contributed by atoms with Crippen LogP contribution in [0.4, 0.5) is 0 Å². The monoisotopic (exact) mass is 382 g/mol. The summed E-state index contributed by atoms with van der Waals surface area (Å²) in [5.74, 6) is 1.70. The van der Waals surface area contributed by atoms with Crippen molar-refractivity contribution in [3.8, 4) is 11.4 Å². The molecular formula is C21H26N4O3. The first kappa shape index (κ1) is 18.7. The Morgan fingerprint density at radius 3 is 2.61 bits per heavy atom. The number of piperidine rings is 1. The van der Waals surface area contributed by atoms with E-state index in [2.05, 4.69) is 15.5 Å². The van der Waals surface area contributed by atoms with Crippen LogP contribution in [-0.4, -0.2) is 46.0 Å². The molecule has 0 radical (unpaired) electrons. The largest absolute Gasteiger partial charge is 0.349 e. The Morgan fingerprint density at radius 2 is 1.93 bits per heavy atom. The van der Waals surface area contributed by atoms with Crippen LogP contribution in [0, 0.1) is 5.92 Å². The van der Waals surface area contributed by atoms with E-state index in [1.165, 1.54) is 0 Å². The summed E-state index contributed by atoms with van der Waals surface area (Å²) in [5.41, 5.74) is 1.36. The lowest BCUT2D eigenvalue weighted by Crippen LogP contribution is -2.47. The molecule has 4 rings (SSSR count). The van der Waals surface area contributed by atoms with Gasteiger partial charge in [-0.2, -0.15) is 4.98 Å². The van der Waals surface area contributed by atoms with Crippen molar-refractivity contribution in [2.24, 2.45) is 5.92 Å². The van der Waals surface area contributed by atoms with E-state index in [9.17, 15) is 9.59 Å². The molecule has 1 aromatic heterocycles. The van der Waals surface area contributed by atoms with Gasteiger partial charge in [0.2, 0.25) is 17.6 Å². The van der Waals surface area contributed by atoms with Gasteiger partial charge in [0.05, 0.1) is 0 Å². The van der Waals surface area contributed by atoms with Crippen molar-refractivity contribution in [3.05, 3.63) is 35.7 Å². The van der Waals surface area contributed by atoms with Gasteiger partial charge in [-0.05, 0) is 37.8 Å². The highest BCUT2D eigenvalue weighted by Crippen LogP contribution is 2.39. The van der Waals surface area contributed by atoms with Crippen molar-refractivity contribution < 1.29 is 14.1 Å². The van der Waals surface area contributed by atoms with Crippen LogP contribution >= 0.6 is 0 Å². The lowest BCUT2D eigenvalue weighted by molar-refractivity contribution is -0.135. The number of carbonyl (C=O) groups excluding carboxylic acids is 2. The third kappa shape index (κ3) is 4.08. The number of hydrogen-bond acceptors (Lipinski definition) is 5. The van der Waals surface area contributed by atoms with Gasteiger partial charge in [-0.1, -0.05) is 31.1 Å². The molecule has 1 aliphatic carbocycles. The molecule has 0 bridgehead atoms. The van der Waals surface area contributed by atoms with E-state index in [1.54, 1.807) is 12.1 Å². The molecule has 2 aliphatic rings. The predicted molar refractivity (Wildman–Crippen MR) is 104 cm³/mol. The molecule has 2 aromatic rings. The number of nitrogens with one attached hydrogen (secondary N) is 1. The number of likely N-dealkylation sites (tertiary alicyclic amines) is 1. The van der Waals surface area contributed by atoms with E-state index in [4.69, 9.17) is 4.52 Å². The SMILES string of the molecule is CC(C)C(=O)N1CCC(NC(=O)c2cccc(-c3noc(C4CC4)n3)c2)CC1. The van der Waals surface area contributed by atoms with Crippen LogP contribution in [0.15, 0.2) is 28.8 Å². The number of carbonyl (C=O) groups is 2. The topological polar surface area (TPSA) is 88.3 Å². The van der Waals surface area contributed by atoms with E-state index >= 15 is 0 Å². The summed E-state index contributed by atoms with van der Waals surface area (Å²) in [6.45, 7) is 5.21. The molecule has 7 nitrogen and oxygen atoms in total. The van der Waals surface area contributed by atoms with Crippen LogP contribution in [-0.2, 0) is 4.79 Å². The summed E-state index contributed by atoms with van der Waals surface area (Å²) >= 11 is 0. The first-order valence-corrected chi connectivity index (χ1v) is 10.0. The van der Waals surface area contributed by atoms with E-state index in [-0.39, 0.29) is 23.8 Å². The number of benzene rings is 1. The van der Waals surface area contributed by atoms with Gasteiger partial charge < -0.3 is 14.7 Å². The van der Waals surface area contributed by atoms with E-state index in [1.807, 2.05) is 30.9 Å². The van der Waals surface area contributed by atoms with Crippen molar-refractivity contribution >= 4 is 11.8 Å². The number of hydrogen-bond donors (Lipinski definition) is 1. The fraction of sp³-hybridized carbons (Fsp3) is 0.524. The molecule has 1 aliphatic heterocycles. The van der Waals surface area contributed by atoms with Crippen molar-refractivity contribution in [2.75, 3.05) is 13.1 Å². The van der Waals surface area contributed by atoms with E-state index < -0.39 is 0 Å². The molecule has 28 heavy (non-hydrogen) atoms. The zero-order valence-corrected chi connectivity index (χ0v) is 16.4. The average molecular weight is 382 g/mol. The standard InChI is InChI=1S/C21H26N4O3/c1-13(2)21(27)25-10-8-17(9-11-25)22-19(26)16-5-3-4-15(12-16)18-23-20(28-24-18)14-6-7-14/h3-5,12-14,17H,6-11H2,1-2H3,(H,22,26). The fourth-order valence-corrected chi connectivity index (χ4v) is 3.53. The van der Waals surface area contributed by atoms with Crippen molar-refractivity contribution in [3.63, 3.8) is 0 Å². The second kappa shape index (κ2) is 7.73. The molecular weight excluding hydrogens is 356 g/mol. The molecule has 1 N–H and O–H groups in total. The second-order valence-electron chi connectivity index (χ2n) is 8.04. The fourth-order valence-electron chi connectivity index (χ4n) is 3.53. The van der Waals surface area contributed by atoms with Crippen LogP contribution < -0.4 is 5.32 Å². The number of aromatic nitrogens is 2. The molecule has 148 valence electrons. The maximum atomic E-state index is 12.7. The van der Waals surface area contributed by atoms with Gasteiger partial charge in [0, 0.05) is 42.1 Å². The van der Waals surface area contributed by atoms with Crippen LogP contribution in [0.2, 0.25) is 0 Å². The van der Waals surface area contributed by atoms with Crippen molar-refractivity contribution in [2.45, 2.75) is 51.5 Å². The Bertz CT molecular complexity index is 864. The highest BCUT2D eigenvalue weighted by atomic mass is 16.5. The maximum absolute atomic E-state index is 12.7. The predicted octanol–water partition coefficient (Wildman–Crippen LogP) is 2.99. The molecule has 7 heteroatoms. The van der Waals surface area contributed by atoms with Gasteiger partial charge >= 0.3 is 0 Å². The molecule has 1 saturated carbocycles. The van der Waals surface area contributed by atoms with Crippen molar-refractivity contribution in [1.82, 2.24) is 20.4 Å². The Labute approximate surface area is 164 Å².